The molecule has 20 heavy (non-hydrogen) atoms. The second kappa shape index (κ2) is 5.16. The van der Waals surface area contributed by atoms with Gasteiger partial charge in [0, 0.05) is 5.69 Å². The first-order chi connectivity index (χ1) is 9.29. The summed E-state index contributed by atoms with van der Waals surface area (Å²) in [6.07, 6.45) is -4.50. The van der Waals surface area contributed by atoms with E-state index in [2.05, 4.69) is 5.32 Å². The van der Waals surface area contributed by atoms with Crippen molar-refractivity contribution in [2.45, 2.75) is 13.1 Å². The highest BCUT2D eigenvalue weighted by Gasteiger charge is 2.34. The molecular formula is C13H11F3N2OS. The molecule has 0 saturated heterocycles. The minimum Gasteiger partial charge on any atom is -0.365 e. The topological polar surface area (TPSA) is 55.1 Å². The smallest absolute Gasteiger partial charge is 0.365 e. The third-order valence-electron chi connectivity index (χ3n) is 2.65. The van der Waals surface area contributed by atoms with Gasteiger partial charge in [-0.15, -0.1) is 11.3 Å². The molecule has 7 heteroatoms. The quantitative estimate of drug-likeness (QED) is 0.902. The predicted octanol–water partition coefficient (Wildman–Crippen LogP) is 3.92. The Hall–Kier alpha value is -2.02. The van der Waals surface area contributed by atoms with Crippen molar-refractivity contribution in [3.8, 4) is 0 Å². The molecule has 1 aromatic carbocycles. The molecule has 1 heterocycles. The van der Waals surface area contributed by atoms with Crippen LogP contribution >= 0.6 is 11.3 Å². The molecule has 2 aromatic rings. The number of anilines is 2. The zero-order chi connectivity index (χ0) is 14.9. The van der Waals surface area contributed by atoms with Crippen molar-refractivity contribution >= 4 is 28.6 Å². The van der Waals surface area contributed by atoms with E-state index in [0.29, 0.717) is 17.0 Å². The standard InChI is InChI=1S/C13H11F3N2OS/c1-7-4-2-3-5-8(7)18-9-6-10(13(14,15)16)20-11(9)12(17)19/h2-6,18H,1H3,(H2,17,19). The average Bonchev–Trinajstić information content (AvgIpc) is 2.76. The maximum atomic E-state index is 12.7. The van der Waals surface area contributed by atoms with Gasteiger partial charge in [0.05, 0.1) is 5.69 Å². The molecule has 0 bridgehead atoms. The fourth-order valence-electron chi connectivity index (χ4n) is 1.66. The van der Waals surface area contributed by atoms with Crippen LogP contribution in [0.5, 0.6) is 0 Å². The summed E-state index contributed by atoms with van der Waals surface area (Å²) in [7, 11) is 0. The highest BCUT2D eigenvalue weighted by molar-refractivity contribution is 7.14. The van der Waals surface area contributed by atoms with Crippen molar-refractivity contribution in [3.05, 3.63) is 45.6 Å². The van der Waals surface area contributed by atoms with Gasteiger partial charge in [-0.05, 0) is 24.6 Å². The van der Waals surface area contributed by atoms with Gasteiger partial charge in [0.15, 0.2) is 0 Å². The summed E-state index contributed by atoms with van der Waals surface area (Å²) >= 11 is 0.338. The summed E-state index contributed by atoms with van der Waals surface area (Å²) in [5, 5.41) is 2.82. The van der Waals surface area contributed by atoms with Gasteiger partial charge in [0.2, 0.25) is 0 Å². The molecule has 0 unspecified atom stereocenters. The number of hydrogen-bond acceptors (Lipinski definition) is 3. The van der Waals surface area contributed by atoms with Gasteiger partial charge in [-0.3, -0.25) is 4.79 Å². The summed E-state index contributed by atoms with van der Waals surface area (Å²) < 4.78 is 38.1. The Balaban J connectivity index is 2.43. The minimum atomic E-state index is -4.50. The van der Waals surface area contributed by atoms with Crippen LogP contribution in [0.2, 0.25) is 0 Å². The van der Waals surface area contributed by atoms with Crippen LogP contribution in [-0.4, -0.2) is 5.91 Å². The van der Waals surface area contributed by atoms with E-state index in [4.69, 9.17) is 5.73 Å². The molecule has 0 aliphatic rings. The van der Waals surface area contributed by atoms with Gasteiger partial charge in [0.1, 0.15) is 9.75 Å². The number of alkyl halides is 3. The van der Waals surface area contributed by atoms with Crippen LogP contribution in [0.4, 0.5) is 24.5 Å². The van der Waals surface area contributed by atoms with Crippen LogP contribution in [-0.2, 0) is 6.18 Å². The minimum absolute atomic E-state index is 0.0733. The Labute approximate surface area is 117 Å². The monoisotopic (exact) mass is 300 g/mol. The van der Waals surface area contributed by atoms with Gasteiger partial charge in [-0.2, -0.15) is 13.2 Å². The first kappa shape index (κ1) is 14.4. The number of thiophene rings is 1. The van der Waals surface area contributed by atoms with Crippen LogP contribution in [0.3, 0.4) is 0 Å². The molecule has 1 aromatic heterocycles. The third kappa shape index (κ3) is 2.93. The zero-order valence-corrected chi connectivity index (χ0v) is 11.2. The van der Waals surface area contributed by atoms with Gasteiger partial charge in [-0.1, -0.05) is 18.2 Å². The molecule has 0 fully saturated rings. The highest BCUT2D eigenvalue weighted by Crippen LogP contribution is 2.39. The van der Waals surface area contributed by atoms with E-state index in [9.17, 15) is 18.0 Å². The summed E-state index contributed by atoms with van der Waals surface area (Å²) in [4.78, 5) is 10.3. The summed E-state index contributed by atoms with van der Waals surface area (Å²) in [5.74, 6) is -0.887. The number of halogens is 3. The Kier molecular flexibility index (Phi) is 3.71. The zero-order valence-electron chi connectivity index (χ0n) is 10.4. The Morgan fingerprint density at radius 3 is 2.45 bits per heavy atom. The van der Waals surface area contributed by atoms with E-state index < -0.39 is 17.0 Å². The lowest BCUT2D eigenvalue weighted by molar-refractivity contribution is -0.134. The Morgan fingerprint density at radius 2 is 1.90 bits per heavy atom. The molecule has 3 nitrogen and oxygen atoms in total. The van der Waals surface area contributed by atoms with Gasteiger partial charge < -0.3 is 11.1 Å². The van der Waals surface area contributed by atoms with Crippen molar-refractivity contribution in [3.63, 3.8) is 0 Å². The normalized spacial score (nSPS) is 11.4. The van der Waals surface area contributed by atoms with E-state index in [-0.39, 0.29) is 10.6 Å². The molecule has 0 atom stereocenters. The van der Waals surface area contributed by atoms with Crippen LogP contribution in [0.15, 0.2) is 30.3 Å². The van der Waals surface area contributed by atoms with E-state index in [1.807, 2.05) is 19.1 Å². The second-order valence-corrected chi connectivity index (χ2v) is 5.21. The lowest BCUT2D eigenvalue weighted by Gasteiger charge is -2.08. The number of hydrogen-bond donors (Lipinski definition) is 2. The number of carbonyl (C=O) groups is 1. The van der Waals surface area contributed by atoms with Gasteiger partial charge in [-0.25, -0.2) is 0 Å². The predicted molar refractivity (Wildman–Crippen MR) is 72.3 cm³/mol. The summed E-state index contributed by atoms with van der Waals surface area (Å²) in [6.45, 7) is 1.81. The maximum absolute atomic E-state index is 12.7. The number of benzene rings is 1. The van der Waals surface area contributed by atoms with Crippen molar-refractivity contribution in [2.75, 3.05) is 5.32 Å². The molecule has 0 spiro atoms. The van der Waals surface area contributed by atoms with Crippen molar-refractivity contribution in [2.24, 2.45) is 5.73 Å². The molecule has 1 amide bonds. The molecule has 0 saturated carbocycles. The van der Waals surface area contributed by atoms with Crippen molar-refractivity contribution < 1.29 is 18.0 Å². The van der Waals surface area contributed by atoms with E-state index in [1.165, 1.54) is 0 Å². The second-order valence-electron chi connectivity index (χ2n) is 4.16. The fourth-order valence-corrected chi connectivity index (χ4v) is 2.50. The summed E-state index contributed by atoms with van der Waals surface area (Å²) in [5.41, 5.74) is 6.68. The molecule has 3 N–H and O–H groups in total. The van der Waals surface area contributed by atoms with Crippen LogP contribution in [0, 0.1) is 6.92 Å². The fraction of sp³-hybridized carbons (Fsp3) is 0.154. The number of rotatable bonds is 3. The molecule has 0 radical (unpaired) electrons. The lowest BCUT2D eigenvalue weighted by atomic mass is 10.2. The van der Waals surface area contributed by atoms with Crippen LogP contribution in [0.1, 0.15) is 20.1 Å². The Morgan fingerprint density at radius 1 is 1.25 bits per heavy atom. The van der Waals surface area contributed by atoms with E-state index in [1.54, 1.807) is 12.1 Å². The maximum Gasteiger partial charge on any atom is 0.425 e. The first-order valence-electron chi connectivity index (χ1n) is 5.62. The van der Waals surface area contributed by atoms with Gasteiger partial charge in [0.25, 0.3) is 5.91 Å². The number of amides is 1. The number of nitrogens with two attached hydrogens (primary N) is 1. The molecule has 106 valence electrons. The first-order valence-corrected chi connectivity index (χ1v) is 6.44. The number of para-hydroxylation sites is 1. The molecule has 0 aliphatic carbocycles. The Bertz CT molecular complexity index is 649. The largest absolute Gasteiger partial charge is 0.425 e. The number of nitrogens with one attached hydrogen (secondary N) is 1. The molecule has 2 rings (SSSR count). The van der Waals surface area contributed by atoms with Crippen LogP contribution in [0.25, 0.3) is 0 Å². The lowest BCUT2D eigenvalue weighted by Crippen LogP contribution is -2.10. The summed E-state index contributed by atoms with van der Waals surface area (Å²) in [6, 6.07) is 7.98. The van der Waals surface area contributed by atoms with E-state index in [0.717, 1.165) is 11.6 Å². The SMILES string of the molecule is Cc1ccccc1Nc1cc(C(F)(F)F)sc1C(N)=O. The van der Waals surface area contributed by atoms with Crippen molar-refractivity contribution in [1.82, 2.24) is 0 Å². The molecule has 0 aliphatic heterocycles. The van der Waals surface area contributed by atoms with Gasteiger partial charge >= 0.3 is 6.18 Å². The van der Waals surface area contributed by atoms with Crippen molar-refractivity contribution in [1.29, 1.82) is 0 Å². The highest BCUT2D eigenvalue weighted by atomic mass is 32.1. The third-order valence-corrected chi connectivity index (χ3v) is 3.84. The number of carbonyl (C=O) groups excluding carboxylic acids is 1. The molecular weight excluding hydrogens is 289 g/mol. The van der Waals surface area contributed by atoms with E-state index >= 15 is 0 Å². The number of primary amides is 1. The van der Waals surface area contributed by atoms with Crippen LogP contribution < -0.4 is 11.1 Å². The number of aryl methyl sites for hydroxylation is 1. The average molecular weight is 300 g/mol.